The smallest absolute Gasteiger partial charge is 0.291 e. The summed E-state index contributed by atoms with van der Waals surface area (Å²) < 4.78 is 15.6. The number of carbonyl (C=O) groups excluding carboxylic acids is 2. The zero-order valence-corrected chi connectivity index (χ0v) is 15.5. The van der Waals surface area contributed by atoms with E-state index in [2.05, 4.69) is 10.6 Å². The van der Waals surface area contributed by atoms with Gasteiger partial charge in [0.15, 0.2) is 17.3 Å². The summed E-state index contributed by atoms with van der Waals surface area (Å²) >= 11 is 0. The summed E-state index contributed by atoms with van der Waals surface area (Å²) in [6.07, 6.45) is 1.44. The SMILES string of the molecule is COc1cccc(C(=O)NCc2ccc(NC(=O)c3ccco3)cc2)c1OC. The molecule has 7 heteroatoms. The summed E-state index contributed by atoms with van der Waals surface area (Å²) in [7, 11) is 3.01. The Morgan fingerprint density at radius 1 is 0.929 bits per heavy atom. The maximum atomic E-state index is 12.5. The van der Waals surface area contributed by atoms with Gasteiger partial charge in [-0.3, -0.25) is 9.59 Å². The molecule has 0 unspecified atom stereocenters. The molecule has 0 saturated heterocycles. The van der Waals surface area contributed by atoms with Crippen molar-refractivity contribution >= 4 is 17.5 Å². The molecule has 2 N–H and O–H groups in total. The first-order chi connectivity index (χ1) is 13.6. The zero-order valence-electron chi connectivity index (χ0n) is 15.5. The lowest BCUT2D eigenvalue weighted by atomic mass is 10.1. The predicted molar refractivity (Wildman–Crippen MR) is 104 cm³/mol. The number of hydrogen-bond acceptors (Lipinski definition) is 5. The van der Waals surface area contributed by atoms with Crippen LogP contribution in [-0.4, -0.2) is 26.0 Å². The Morgan fingerprint density at radius 3 is 2.36 bits per heavy atom. The van der Waals surface area contributed by atoms with Gasteiger partial charge in [0, 0.05) is 12.2 Å². The average molecular weight is 380 g/mol. The number of methoxy groups -OCH3 is 2. The molecule has 0 saturated carbocycles. The molecule has 0 aliphatic carbocycles. The monoisotopic (exact) mass is 380 g/mol. The van der Waals surface area contributed by atoms with E-state index in [9.17, 15) is 9.59 Å². The second kappa shape index (κ2) is 8.77. The minimum atomic E-state index is -0.323. The van der Waals surface area contributed by atoms with Crippen LogP contribution in [0.3, 0.4) is 0 Å². The van der Waals surface area contributed by atoms with Gasteiger partial charge in [-0.05, 0) is 42.0 Å². The molecular formula is C21H20N2O5. The fourth-order valence-electron chi connectivity index (χ4n) is 2.65. The van der Waals surface area contributed by atoms with Gasteiger partial charge in [0.1, 0.15) is 0 Å². The molecule has 0 radical (unpaired) electrons. The number of nitrogens with one attached hydrogen (secondary N) is 2. The molecule has 0 aliphatic rings. The van der Waals surface area contributed by atoms with E-state index in [1.165, 1.54) is 20.5 Å². The summed E-state index contributed by atoms with van der Waals surface area (Å²) in [5.41, 5.74) is 1.90. The zero-order chi connectivity index (χ0) is 19.9. The topological polar surface area (TPSA) is 89.8 Å². The summed E-state index contributed by atoms with van der Waals surface area (Å²) in [6, 6.07) is 15.5. The Balaban J connectivity index is 1.61. The molecule has 3 rings (SSSR count). The van der Waals surface area contributed by atoms with Gasteiger partial charge in [-0.25, -0.2) is 0 Å². The third-order valence-electron chi connectivity index (χ3n) is 4.06. The van der Waals surface area contributed by atoms with E-state index in [4.69, 9.17) is 13.9 Å². The molecule has 1 aromatic heterocycles. The molecule has 28 heavy (non-hydrogen) atoms. The number of ether oxygens (including phenoxy) is 2. The van der Waals surface area contributed by atoms with E-state index < -0.39 is 0 Å². The number of benzene rings is 2. The van der Waals surface area contributed by atoms with Gasteiger partial charge in [0.25, 0.3) is 11.8 Å². The van der Waals surface area contributed by atoms with Crippen molar-refractivity contribution in [3.63, 3.8) is 0 Å². The lowest BCUT2D eigenvalue weighted by molar-refractivity contribution is 0.0946. The second-order valence-corrected chi connectivity index (χ2v) is 5.85. The van der Waals surface area contributed by atoms with Gasteiger partial charge in [-0.15, -0.1) is 0 Å². The van der Waals surface area contributed by atoms with E-state index in [1.54, 1.807) is 42.5 Å². The third kappa shape index (κ3) is 4.32. The van der Waals surface area contributed by atoms with Crippen molar-refractivity contribution in [2.45, 2.75) is 6.54 Å². The highest BCUT2D eigenvalue weighted by Crippen LogP contribution is 2.30. The van der Waals surface area contributed by atoms with Crippen LogP contribution in [0.15, 0.2) is 65.3 Å². The highest BCUT2D eigenvalue weighted by Gasteiger charge is 2.16. The van der Waals surface area contributed by atoms with E-state index in [1.807, 2.05) is 12.1 Å². The molecular weight excluding hydrogens is 360 g/mol. The third-order valence-corrected chi connectivity index (χ3v) is 4.06. The Bertz CT molecular complexity index is 949. The fraction of sp³-hybridized carbons (Fsp3) is 0.143. The van der Waals surface area contributed by atoms with Crippen molar-refractivity contribution in [2.24, 2.45) is 0 Å². The van der Waals surface area contributed by atoms with Gasteiger partial charge in [0.2, 0.25) is 0 Å². The Morgan fingerprint density at radius 2 is 1.71 bits per heavy atom. The molecule has 2 amide bonds. The minimum absolute atomic E-state index is 0.239. The van der Waals surface area contributed by atoms with Crippen LogP contribution in [0, 0.1) is 0 Å². The Kier molecular flexibility index (Phi) is 5.96. The second-order valence-electron chi connectivity index (χ2n) is 5.85. The molecule has 1 heterocycles. The van der Waals surface area contributed by atoms with E-state index in [-0.39, 0.29) is 17.6 Å². The van der Waals surface area contributed by atoms with Crippen LogP contribution >= 0.6 is 0 Å². The maximum Gasteiger partial charge on any atom is 0.291 e. The number of anilines is 1. The summed E-state index contributed by atoms with van der Waals surface area (Å²) in [5.74, 6) is 0.524. The Hall–Kier alpha value is -3.74. The lowest BCUT2D eigenvalue weighted by Crippen LogP contribution is -2.23. The van der Waals surface area contributed by atoms with Crippen molar-refractivity contribution in [2.75, 3.05) is 19.5 Å². The number of furan rings is 1. The molecule has 144 valence electrons. The van der Waals surface area contributed by atoms with E-state index >= 15 is 0 Å². The van der Waals surface area contributed by atoms with Gasteiger partial charge < -0.3 is 24.5 Å². The number of hydrogen-bond donors (Lipinski definition) is 2. The summed E-state index contributed by atoms with van der Waals surface area (Å²) in [5, 5.41) is 5.59. The van der Waals surface area contributed by atoms with E-state index in [0.29, 0.717) is 29.3 Å². The van der Waals surface area contributed by atoms with Gasteiger partial charge >= 0.3 is 0 Å². The van der Waals surface area contributed by atoms with Crippen molar-refractivity contribution in [1.29, 1.82) is 0 Å². The molecule has 2 aromatic carbocycles. The standard InChI is InChI=1S/C21H20N2O5/c1-26-17-6-3-5-16(19(17)27-2)20(24)22-13-14-8-10-15(11-9-14)23-21(25)18-7-4-12-28-18/h3-12H,13H2,1-2H3,(H,22,24)(H,23,25). The molecule has 0 bridgehead atoms. The molecule has 0 fully saturated rings. The number of carbonyl (C=O) groups is 2. The number of rotatable bonds is 7. The predicted octanol–water partition coefficient (Wildman–Crippen LogP) is 3.48. The molecule has 0 spiro atoms. The number of amides is 2. The quantitative estimate of drug-likeness (QED) is 0.655. The van der Waals surface area contributed by atoms with Crippen molar-refractivity contribution in [3.8, 4) is 11.5 Å². The van der Waals surface area contributed by atoms with Crippen LogP contribution in [0.25, 0.3) is 0 Å². The highest BCUT2D eigenvalue weighted by molar-refractivity contribution is 6.02. The first-order valence-corrected chi connectivity index (χ1v) is 8.55. The van der Waals surface area contributed by atoms with Crippen molar-refractivity contribution in [1.82, 2.24) is 5.32 Å². The largest absolute Gasteiger partial charge is 0.493 e. The summed E-state index contributed by atoms with van der Waals surface area (Å²) in [6.45, 7) is 0.325. The normalized spacial score (nSPS) is 10.2. The molecule has 7 nitrogen and oxygen atoms in total. The number of para-hydroxylation sites is 1. The molecule has 0 aliphatic heterocycles. The molecule has 3 aromatic rings. The Labute approximate surface area is 162 Å². The van der Waals surface area contributed by atoms with Crippen molar-refractivity contribution < 1.29 is 23.5 Å². The van der Waals surface area contributed by atoms with Gasteiger partial charge in [-0.2, -0.15) is 0 Å². The summed E-state index contributed by atoms with van der Waals surface area (Å²) in [4.78, 5) is 24.5. The average Bonchev–Trinajstić information content (AvgIpc) is 3.27. The van der Waals surface area contributed by atoms with Gasteiger partial charge in [0.05, 0.1) is 26.0 Å². The van der Waals surface area contributed by atoms with Crippen LogP contribution in [0.5, 0.6) is 11.5 Å². The van der Waals surface area contributed by atoms with Crippen LogP contribution in [-0.2, 0) is 6.54 Å². The minimum Gasteiger partial charge on any atom is -0.493 e. The first kappa shape index (κ1) is 19.0. The van der Waals surface area contributed by atoms with Crippen molar-refractivity contribution in [3.05, 3.63) is 77.7 Å². The van der Waals surface area contributed by atoms with Crippen LogP contribution in [0.2, 0.25) is 0 Å². The maximum absolute atomic E-state index is 12.5. The lowest BCUT2D eigenvalue weighted by Gasteiger charge is -2.12. The van der Waals surface area contributed by atoms with Crippen LogP contribution in [0.1, 0.15) is 26.5 Å². The first-order valence-electron chi connectivity index (χ1n) is 8.55. The molecule has 0 atom stereocenters. The fourth-order valence-corrected chi connectivity index (χ4v) is 2.65. The van der Waals surface area contributed by atoms with Crippen LogP contribution < -0.4 is 20.1 Å². The van der Waals surface area contributed by atoms with Gasteiger partial charge in [-0.1, -0.05) is 18.2 Å². The highest BCUT2D eigenvalue weighted by atomic mass is 16.5. The van der Waals surface area contributed by atoms with E-state index in [0.717, 1.165) is 5.56 Å². The van der Waals surface area contributed by atoms with Crippen LogP contribution in [0.4, 0.5) is 5.69 Å².